The fourth-order valence-electron chi connectivity index (χ4n) is 2.46. The van der Waals surface area contributed by atoms with Crippen LogP contribution in [0.25, 0.3) is 4.96 Å². The Balaban J connectivity index is 1.90. The van der Waals surface area contributed by atoms with Gasteiger partial charge in [-0.25, -0.2) is 13.4 Å². The number of hydrogen-bond donors (Lipinski definition) is 1. The van der Waals surface area contributed by atoms with E-state index in [1.54, 1.807) is 11.3 Å². The van der Waals surface area contributed by atoms with E-state index < -0.39 is 9.84 Å². The maximum Gasteiger partial charge on any atom is 0.195 e. The largest absolute Gasteiger partial charge is 0.353 e. The predicted octanol–water partition coefficient (Wildman–Crippen LogP) is 1.13. The molecule has 2 aromatic heterocycles. The lowest BCUT2D eigenvalue weighted by molar-refractivity contribution is 0.575. The van der Waals surface area contributed by atoms with Gasteiger partial charge in [0.2, 0.25) is 0 Å². The molecule has 0 atom stereocenters. The summed E-state index contributed by atoms with van der Waals surface area (Å²) < 4.78 is 25.3. The molecule has 0 bridgehead atoms. The molecule has 2 aromatic rings. The normalized spacial score (nSPS) is 18.7. The van der Waals surface area contributed by atoms with Crippen molar-refractivity contribution in [1.29, 1.82) is 0 Å². The second kappa shape index (κ2) is 5.58. The summed E-state index contributed by atoms with van der Waals surface area (Å²) >= 11 is 1.60. The number of fused-ring (bicyclic) bond motifs is 1. The molecule has 0 saturated carbocycles. The fraction of sp³-hybridized carbons (Fsp3) is 0.615. The summed E-state index contributed by atoms with van der Waals surface area (Å²) in [5.74, 6) is 1.36. The van der Waals surface area contributed by atoms with Crippen molar-refractivity contribution >= 4 is 32.0 Å². The minimum Gasteiger partial charge on any atom is -0.353 e. The summed E-state index contributed by atoms with van der Waals surface area (Å²) in [5, 5.41) is 5.44. The molecule has 6 nitrogen and oxygen atoms in total. The molecule has 3 rings (SSSR count). The topological polar surface area (TPSA) is 66.7 Å². The monoisotopic (exact) mass is 328 g/mol. The van der Waals surface area contributed by atoms with E-state index in [1.165, 1.54) is 0 Å². The van der Waals surface area contributed by atoms with Crippen molar-refractivity contribution in [2.24, 2.45) is 0 Å². The van der Waals surface area contributed by atoms with E-state index >= 15 is 0 Å². The summed E-state index contributed by atoms with van der Waals surface area (Å²) in [6.07, 6.45) is 2.02. The summed E-state index contributed by atoms with van der Waals surface area (Å²) in [4.78, 5) is 7.75. The molecule has 0 unspecified atom stereocenters. The van der Waals surface area contributed by atoms with Crippen LogP contribution in [-0.2, 0) is 16.4 Å². The van der Waals surface area contributed by atoms with Crippen LogP contribution in [0.15, 0.2) is 11.6 Å². The van der Waals surface area contributed by atoms with Gasteiger partial charge in [0.15, 0.2) is 20.6 Å². The van der Waals surface area contributed by atoms with Crippen LogP contribution in [0.2, 0.25) is 0 Å². The first-order valence-electron chi connectivity index (χ1n) is 7.09. The van der Waals surface area contributed by atoms with Gasteiger partial charge < -0.3 is 10.2 Å². The summed E-state index contributed by atoms with van der Waals surface area (Å²) in [6.45, 7) is 6.01. The van der Waals surface area contributed by atoms with Crippen LogP contribution in [0.3, 0.4) is 0 Å². The van der Waals surface area contributed by atoms with Gasteiger partial charge in [0.25, 0.3) is 0 Å². The third-order valence-corrected chi connectivity index (χ3v) is 6.03. The SMILES string of the molecule is CC(C)NCc1c(N2CCS(=O)(=O)CC2)nc2sccn12. The van der Waals surface area contributed by atoms with Gasteiger partial charge in [-0.3, -0.25) is 4.40 Å². The van der Waals surface area contributed by atoms with Crippen LogP contribution >= 0.6 is 11.3 Å². The summed E-state index contributed by atoms with van der Waals surface area (Å²) in [6, 6.07) is 0.392. The Bertz CT molecular complexity index is 719. The van der Waals surface area contributed by atoms with Gasteiger partial charge in [-0.2, -0.15) is 0 Å². The molecule has 0 radical (unpaired) electrons. The molecule has 1 aliphatic rings. The average Bonchev–Trinajstić information content (AvgIpc) is 2.97. The highest BCUT2D eigenvalue weighted by atomic mass is 32.2. The molecule has 0 aliphatic carbocycles. The average molecular weight is 328 g/mol. The van der Waals surface area contributed by atoms with Crippen molar-refractivity contribution in [3.63, 3.8) is 0 Å². The lowest BCUT2D eigenvalue weighted by Crippen LogP contribution is -2.41. The zero-order valence-electron chi connectivity index (χ0n) is 12.2. The van der Waals surface area contributed by atoms with Crippen molar-refractivity contribution in [3.8, 4) is 0 Å². The predicted molar refractivity (Wildman–Crippen MR) is 85.9 cm³/mol. The van der Waals surface area contributed by atoms with Gasteiger partial charge in [0, 0.05) is 37.3 Å². The molecule has 1 N–H and O–H groups in total. The third kappa shape index (κ3) is 3.07. The van der Waals surface area contributed by atoms with Crippen molar-refractivity contribution in [3.05, 3.63) is 17.3 Å². The minimum absolute atomic E-state index is 0.217. The maximum absolute atomic E-state index is 11.6. The first-order valence-corrected chi connectivity index (χ1v) is 9.79. The molecule has 3 heterocycles. The van der Waals surface area contributed by atoms with E-state index in [9.17, 15) is 8.42 Å². The lowest BCUT2D eigenvalue weighted by Gasteiger charge is -2.27. The van der Waals surface area contributed by atoms with Crippen LogP contribution in [0.4, 0.5) is 5.82 Å². The molecule has 0 amide bonds. The third-order valence-electron chi connectivity index (χ3n) is 3.66. The van der Waals surface area contributed by atoms with E-state index in [0.717, 1.165) is 23.0 Å². The van der Waals surface area contributed by atoms with Gasteiger partial charge in [-0.15, -0.1) is 11.3 Å². The van der Waals surface area contributed by atoms with Crippen LogP contribution < -0.4 is 10.2 Å². The number of rotatable bonds is 4. The number of imidazole rings is 1. The van der Waals surface area contributed by atoms with Gasteiger partial charge in [0.1, 0.15) is 0 Å². The first kappa shape index (κ1) is 14.8. The zero-order chi connectivity index (χ0) is 15.0. The second-order valence-electron chi connectivity index (χ2n) is 5.61. The first-order chi connectivity index (χ1) is 9.96. The van der Waals surface area contributed by atoms with E-state index in [-0.39, 0.29) is 11.5 Å². The molecule has 0 aromatic carbocycles. The Hall–Kier alpha value is -1.12. The van der Waals surface area contributed by atoms with Crippen molar-refractivity contribution in [2.75, 3.05) is 29.5 Å². The van der Waals surface area contributed by atoms with Crippen LogP contribution in [0, 0.1) is 0 Å². The van der Waals surface area contributed by atoms with Gasteiger partial charge in [0.05, 0.1) is 17.2 Å². The number of anilines is 1. The van der Waals surface area contributed by atoms with E-state index in [2.05, 4.69) is 28.5 Å². The molecule has 116 valence electrons. The molecule has 1 aliphatic heterocycles. The number of sulfone groups is 1. The Morgan fingerprint density at radius 3 is 2.76 bits per heavy atom. The van der Waals surface area contributed by atoms with Crippen molar-refractivity contribution in [1.82, 2.24) is 14.7 Å². The van der Waals surface area contributed by atoms with E-state index in [0.29, 0.717) is 19.1 Å². The van der Waals surface area contributed by atoms with E-state index in [1.807, 2.05) is 11.6 Å². The Labute approximate surface area is 128 Å². The fourth-order valence-corrected chi connectivity index (χ4v) is 4.39. The number of aromatic nitrogens is 2. The van der Waals surface area contributed by atoms with Crippen molar-refractivity contribution in [2.45, 2.75) is 26.4 Å². The van der Waals surface area contributed by atoms with Crippen LogP contribution in [0.1, 0.15) is 19.5 Å². The quantitative estimate of drug-likeness (QED) is 0.911. The second-order valence-corrected chi connectivity index (χ2v) is 8.79. The molecular weight excluding hydrogens is 308 g/mol. The standard InChI is InChI=1S/C13H20N4O2S2/c1-10(2)14-9-11-12(15-13-17(11)3-6-20-13)16-4-7-21(18,19)8-5-16/h3,6,10,14H,4-5,7-9H2,1-2H3. The number of nitrogens with zero attached hydrogens (tertiary/aromatic N) is 3. The summed E-state index contributed by atoms with van der Waals surface area (Å²) in [5.41, 5.74) is 1.11. The van der Waals surface area contributed by atoms with Crippen molar-refractivity contribution < 1.29 is 8.42 Å². The van der Waals surface area contributed by atoms with Crippen LogP contribution in [0.5, 0.6) is 0 Å². The Morgan fingerprint density at radius 1 is 1.38 bits per heavy atom. The highest BCUT2D eigenvalue weighted by molar-refractivity contribution is 7.91. The lowest BCUT2D eigenvalue weighted by atomic mass is 10.3. The molecule has 1 saturated heterocycles. The molecule has 1 fully saturated rings. The van der Waals surface area contributed by atoms with Crippen LogP contribution in [-0.4, -0.2) is 48.4 Å². The zero-order valence-corrected chi connectivity index (χ0v) is 13.9. The van der Waals surface area contributed by atoms with Gasteiger partial charge in [-0.1, -0.05) is 13.8 Å². The highest BCUT2D eigenvalue weighted by Gasteiger charge is 2.26. The molecule has 8 heteroatoms. The molecular formula is C13H20N4O2S2. The Kier molecular flexibility index (Phi) is 3.94. The number of thiazole rings is 1. The highest BCUT2D eigenvalue weighted by Crippen LogP contribution is 2.26. The van der Waals surface area contributed by atoms with E-state index in [4.69, 9.17) is 4.98 Å². The molecule has 0 spiro atoms. The van der Waals surface area contributed by atoms with Gasteiger partial charge >= 0.3 is 0 Å². The number of nitrogens with one attached hydrogen (secondary N) is 1. The Morgan fingerprint density at radius 2 is 2.10 bits per heavy atom. The smallest absolute Gasteiger partial charge is 0.195 e. The minimum atomic E-state index is -2.87. The summed E-state index contributed by atoms with van der Waals surface area (Å²) in [7, 11) is -2.87. The number of hydrogen-bond acceptors (Lipinski definition) is 6. The molecule has 21 heavy (non-hydrogen) atoms. The maximum atomic E-state index is 11.6. The van der Waals surface area contributed by atoms with Gasteiger partial charge in [-0.05, 0) is 0 Å².